The summed E-state index contributed by atoms with van der Waals surface area (Å²) in [6, 6.07) is 0. The van der Waals surface area contributed by atoms with Gasteiger partial charge in [-0.3, -0.25) is 4.79 Å². The molecule has 2 rings (SSSR count). The van der Waals surface area contributed by atoms with Gasteiger partial charge in [-0.15, -0.1) is 0 Å². The molecule has 0 aliphatic heterocycles. The van der Waals surface area contributed by atoms with Gasteiger partial charge in [-0.05, 0) is 31.1 Å². The molecule has 0 radical (unpaired) electrons. The molecule has 1 fully saturated rings. The molecule has 1 heteroatoms. The van der Waals surface area contributed by atoms with Crippen molar-refractivity contribution in [2.45, 2.75) is 32.1 Å². The average molecular weight is 150 g/mol. The maximum absolute atomic E-state index is 11.2. The highest BCUT2D eigenvalue weighted by Gasteiger charge is 2.26. The Morgan fingerprint density at radius 3 is 3.18 bits per heavy atom. The van der Waals surface area contributed by atoms with Crippen molar-refractivity contribution in [3.63, 3.8) is 0 Å². The topological polar surface area (TPSA) is 17.1 Å². The van der Waals surface area contributed by atoms with Gasteiger partial charge in [0.15, 0.2) is 0 Å². The fraction of sp³-hybridized carbons (Fsp3) is 0.700. The minimum absolute atomic E-state index is 0.484. The van der Waals surface area contributed by atoms with Gasteiger partial charge in [0.25, 0.3) is 0 Å². The standard InChI is InChI=1S/C10H14O/c11-10-6-8-3-1-2-4-9(5-8)7-10/h1,3,8-9H,2,4-7H2. The van der Waals surface area contributed by atoms with Gasteiger partial charge in [0.05, 0.1) is 0 Å². The van der Waals surface area contributed by atoms with E-state index in [4.69, 9.17) is 0 Å². The predicted molar refractivity (Wildman–Crippen MR) is 44.2 cm³/mol. The molecule has 0 heterocycles. The van der Waals surface area contributed by atoms with Crippen molar-refractivity contribution in [1.82, 2.24) is 0 Å². The lowest BCUT2D eigenvalue weighted by atomic mass is 9.80. The maximum Gasteiger partial charge on any atom is 0.133 e. The van der Waals surface area contributed by atoms with Crippen LogP contribution in [0.3, 0.4) is 0 Å². The number of rotatable bonds is 0. The monoisotopic (exact) mass is 150 g/mol. The summed E-state index contributed by atoms with van der Waals surface area (Å²) < 4.78 is 0. The van der Waals surface area contributed by atoms with Gasteiger partial charge in [-0.2, -0.15) is 0 Å². The Morgan fingerprint density at radius 1 is 1.36 bits per heavy atom. The van der Waals surface area contributed by atoms with Crippen molar-refractivity contribution < 1.29 is 4.79 Å². The minimum Gasteiger partial charge on any atom is -0.300 e. The van der Waals surface area contributed by atoms with Gasteiger partial charge in [0.2, 0.25) is 0 Å². The molecular formula is C10H14O. The molecule has 2 unspecified atom stereocenters. The minimum atomic E-state index is 0.484. The van der Waals surface area contributed by atoms with Crippen LogP contribution in [0.1, 0.15) is 32.1 Å². The van der Waals surface area contributed by atoms with E-state index in [2.05, 4.69) is 12.2 Å². The van der Waals surface area contributed by atoms with E-state index in [9.17, 15) is 4.79 Å². The first-order valence-corrected chi connectivity index (χ1v) is 4.53. The largest absolute Gasteiger partial charge is 0.300 e. The van der Waals surface area contributed by atoms with E-state index in [1.54, 1.807) is 0 Å². The van der Waals surface area contributed by atoms with Gasteiger partial charge in [-0.25, -0.2) is 0 Å². The van der Waals surface area contributed by atoms with Crippen LogP contribution in [0.5, 0.6) is 0 Å². The Bertz CT molecular complexity index is 193. The Hall–Kier alpha value is -0.590. The SMILES string of the molecule is O=C1CC2C=CCCC(C1)C2. The normalized spacial score (nSPS) is 36.9. The first kappa shape index (κ1) is 7.08. The molecule has 2 aliphatic carbocycles. The highest BCUT2D eigenvalue weighted by molar-refractivity contribution is 5.80. The smallest absolute Gasteiger partial charge is 0.133 e. The van der Waals surface area contributed by atoms with Gasteiger partial charge in [0, 0.05) is 12.8 Å². The highest BCUT2D eigenvalue weighted by Crippen LogP contribution is 2.33. The van der Waals surface area contributed by atoms with Gasteiger partial charge < -0.3 is 0 Å². The number of carbonyl (C=O) groups is 1. The molecular weight excluding hydrogens is 136 g/mol. The maximum atomic E-state index is 11.2. The lowest BCUT2D eigenvalue weighted by molar-refractivity contribution is -0.122. The van der Waals surface area contributed by atoms with Crippen LogP contribution >= 0.6 is 0 Å². The molecule has 1 saturated carbocycles. The summed E-state index contributed by atoms with van der Waals surface area (Å²) in [4.78, 5) is 11.2. The Morgan fingerprint density at radius 2 is 2.27 bits per heavy atom. The van der Waals surface area contributed by atoms with E-state index in [-0.39, 0.29) is 0 Å². The molecule has 0 aromatic heterocycles. The van der Waals surface area contributed by atoms with E-state index in [1.165, 1.54) is 19.3 Å². The molecule has 60 valence electrons. The quantitative estimate of drug-likeness (QED) is 0.484. The van der Waals surface area contributed by atoms with Crippen molar-refractivity contribution in [2.75, 3.05) is 0 Å². The molecule has 0 amide bonds. The number of hydrogen-bond acceptors (Lipinski definition) is 1. The number of Topliss-reactive ketones (excluding diaryl/α,β-unsaturated/α-hetero) is 1. The summed E-state index contributed by atoms with van der Waals surface area (Å²) >= 11 is 0. The molecule has 0 aromatic rings. The third kappa shape index (κ3) is 1.52. The van der Waals surface area contributed by atoms with Crippen LogP contribution < -0.4 is 0 Å². The van der Waals surface area contributed by atoms with Crippen molar-refractivity contribution in [2.24, 2.45) is 11.8 Å². The fourth-order valence-corrected chi connectivity index (χ4v) is 2.28. The third-order valence-corrected chi connectivity index (χ3v) is 2.79. The van der Waals surface area contributed by atoms with Gasteiger partial charge in [0.1, 0.15) is 5.78 Å². The predicted octanol–water partition coefficient (Wildman–Crippen LogP) is 2.32. The van der Waals surface area contributed by atoms with Crippen molar-refractivity contribution in [1.29, 1.82) is 0 Å². The second kappa shape index (κ2) is 2.80. The molecule has 0 N–H and O–H groups in total. The highest BCUT2D eigenvalue weighted by atomic mass is 16.1. The van der Waals surface area contributed by atoms with Crippen LogP contribution in [-0.2, 0) is 4.79 Å². The number of fused-ring (bicyclic) bond motifs is 2. The van der Waals surface area contributed by atoms with Gasteiger partial charge >= 0.3 is 0 Å². The number of carbonyl (C=O) groups excluding carboxylic acids is 1. The molecule has 0 saturated heterocycles. The number of hydrogen-bond donors (Lipinski definition) is 0. The molecule has 0 spiro atoms. The molecule has 2 bridgehead atoms. The first-order valence-electron chi connectivity index (χ1n) is 4.53. The van der Waals surface area contributed by atoms with Crippen LogP contribution in [0.2, 0.25) is 0 Å². The lowest BCUT2D eigenvalue weighted by Crippen LogP contribution is -2.20. The first-order chi connectivity index (χ1) is 5.34. The van der Waals surface area contributed by atoms with Crippen LogP contribution in [0.15, 0.2) is 12.2 Å². The van der Waals surface area contributed by atoms with Gasteiger partial charge in [-0.1, -0.05) is 12.2 Å². The van der Waals surface area contributed by atoms with E-state index in [1.807, 2.05) is 0 Å². The average Bonchev–Trinajstić information content (AvgIpc) is 2.11. The van der Waals surface area contributed by atoms with Crippen LogP contribution in [0.25, 0.3) is 0 Å². The summed E-state index contributed by atoms with van der Waals surface area (Å²) in [6.45, 7) is 0. The molecule has 1 nitrogen and oxygen atoms in total. The van der Waals surface area contributed by atoms with Crippen molar-refractivity contribution in [3.05, 3.63) is 12.2 Å². The lowest BCUT2D eigenvalue weighted by Gasteiger charge is -2.23. The van der Waals surface area contributed by atoms with Crippen LogP contribution in [0.4, 0.5) is 0 Å². The summed E-state index contributed by atoms with van der Waals surface area (Å²) in [7, 11) is 0. The number of allylic oxidation sites excluding steroid dienone is 2. The Kier molecular flexibility index (Phi) is 1.80. The van der Waals surface area contributed by atoms with E-state index in [0.29, 0.717) is 17.6 Å². The summed E-state index contributed by atoms with van der Waals surface area (Å²) in [5.41, 5.74) is 0. The summed E-state index contributed by atoms with van der Waals surface area (Å²) in [6.07, 6.45) is 9.86. The zero-order chi connectivity index (χ0) is 7.68. The van der Waals surface area contributed by atoms with Crippen molar-refractivity contribution >= 4 is 5.78 Å². The van der Waals surface area contributed by atoms with Crippen LogP contribution in [0, 0.1) is 11.8 Å². The third-order valence-electron chi connectivity index (χ3n) is 2.79. The van der Waals surface area contributed by atoms with E-state index < -0.39 is 0 Å². The second-order valence-corrected chi connectivity index (χ2v) is 3.81. The van der Waals surface area contributed by atoms with Crippen LogP contribution in [-0.4, -0.2) is 5.78 Å². The Labute approximate surface area is 67.5 Å². The Balaban J connectivity index is 2.12. The van der Waals surface area contributed by atoms with Crippen molar-refractivity contribution in [3.8, 4) is 0 Å². The zero-order valence-corrected chi connectivity index (χ0v) is 6.75. The van der Waals surface area contributed by atoms with E-state index >= 15 is 0 Å². The summed E-state index contributed by atoms with van der Waals surface area (Å²) in [5, 5.41) is 0. The molecule has 11 heavy (non-hydrogen) atoms. The second-order valence-electron chi connectivity index (χ2n) is 3.81. The zero-order valence-electron chi connectivity index (χ0n) is 6.75. The molecule has 2 aliphatic rings. The number of ketones is 1. The molecule has 2 atom stereocenters. The van der Waals surface area contributed by atoms with E-state index in [0.717, 1.165) is 12.8 Å². The molecule has 0 aromatic carbocycles. The fourth-order valence-electron chi connectivity index (χ4n) is 2.28. The summed E-state index contributed by atoms with van der Waals surface area (Å²) in [5.74, 6) is 1.78.